The number of nitrogens with two attached hydrogens (primary N) is 1. The zero-order chi connectivity index (χ0) is 15.0. The minimum Gasteiger partial charge on any atom is -0.398 e. The fourth-order valence-electron chi connectivity index (χ4n) is 2.53. The van der Waals surface area contributed by atoms with Crippen LogP contribution in [0.2, 0.25) is 0 Å². The summed E-state index contributed by atoms with van der Waals surface area (Å²) in [6.45, 7) is 2.23. The van der Waals surface area contributed by atoms with E-state index in [9.17, 15) is 8.42 Å². The molecule has 2 aromatic carbocycles. The Labute approximate surface area is 129 Å². The fourth-order valence-corrected chi connectivity index (χ4v) is 5.51. The van der Waals surface area contributed by atoms with E-state index in [-0.39, 0.29) is 4.90 Å². The minimum absolute atomic E-state index is 0.215. The summed E-state index contributed by atoms with van der Waals surface area (Å²) in [5, 5.41) is 0. The molecule has 0 radical (unpaired) electrons. The van der Waals surface area contributed by atoms with Crippen molar-refractivity contribution in [3.8, 4) is 0 Å². The van der Waals surface area contributed by atoms with Crippen LogP contribution in [0.4, 0.5) is 11.4 Å². The predicted octanol–water partition coefficient (Wildman–Crippen LogP) is 2.88. The number of anilines is 2. The van der Waals surface area contributed by atoms with Crippen LogP contribution >= 0.6 is 11.8 Å². The van der Waals surface area contributed by atoms with Crippen molar-refractivity contribution in [3.63, 3.8) is 0 Å². The van der Waals surface area contributed by atoms with Gasteiger partial charge in [0.1, 0.15) is 4.90 Å². The molecule has 0 bridgehead atoms. The normalized spacial score (nSPS) is 14.8. The highest BCUT2D eigenvalue weighted by Gasteiger charge is 2.31. The average Bonchev–Trinajstić information content (AvgIpc) is 2.46. The van der Waals surface area contributed by atoms with Crippen molar-refractivity contribution in [2.24, 2.45) is 0 Å². The van der Waals surface area contributed by atoms with Crippen molar-refractivity contribution in [1.29, 1.82) is 0 Å². The van der Waals surface area contributed by atoms with Crippen molar-refractivity contribution in [2.75, 3.05) is 22.3 Å². The van der Waals surface area contributed by atoms with E-state index in [1.807, 2.05) is 24.3 Å². The Morgan fingerprint density at radius 1 is 1.14 bits per heavy atom. The SMILES string of the molecule is Cc1cccc(N)c1S(=O)(=O)N1CCSc2ccccc21. The molecular weight excluding hydrogens is 304 g/mol. The number of nitrogen functional groups attached to an aromatic ring is 1. The second-order valence-electron chi connectivity index (χ2n) is 4.89. The van der Waals surface area contributed by atoms with Crippen LogP contribution in [0.15, 0.2) is 52.3 Å². The smallest absolute Gasteiger partial charge is 0.266 e. The van der Waals surface area contributed by atoms with Crippen molar-refractivity contribution in [1.82, 2.24) is 0 Å². The third-order valence-electron chi connectivity index (χ3n) is 3.48. The maximum atomic E-state index is 13.0. The van der Waals surface area contributed by atoms with E-state index in [4.69, 9.17) is 5.73 Å². The van der Waals surface area contributed by atoms with Crippen LogP contribution in [0, 0.1) is 6.92 Å². The van der Waals surface area contributed by atoms with Gasteiger partial charge in [0, 0.05) is 17.2 Å². The molecule has 1 aliphatic rings. The number of para-hydroxylation sites is 1. The molecule has 3 rings (SSSR count). The summed E-state index contributed by atoms with van der Waals surface area (Å²) in [6, 6.07) is 12.7. The van der Waals surface area contributed by atoms with Gasteiger partial charge in [-0.15, -0.1) is 11.8 Å². The van der Waals surface area contributed by atoms with Crippen molar-refractivity contribution < 1.29 is 8.42 Å². The van der Waals surface area contributed by atoms with Gasteiger partial charge >= 0.3 is 0 Å². The van der Waals surface area contributed by atoms with Gasteiger partial charge in [-0.2, -0.15) is 0 Å². The standard InChI is InChI=1S/C15H16N2O2S2/c1-11-5-4-6-12(16)15(11)21(18,19)17-9-10-20-14-8-3-2-7-13(14)17/h2-8H,9-10,16H2,1H3. The number of benzene rings is 2. The lowest BCUT2D eigenvalue weighted by atomic mass is 10.2. The van der Waals surface area contributed by atoms with Crippen molar-refractivity contribution in [2.45, 2.75) is 16.7 Å². The van der Waals surface area contributed by atoms with E-state index in [0.29, 0.717) is 17.8 Å². The van der Waals surface area contributed by atoms with Crippen LogP contribution < -0.4 is 10.0 Å². The Kier molecular flexibility index (Phi) is 3.59. The number of nitrogens with zero attached hydrogens (tertiary/aromatic N) is 1. The largest absolute Gasteiger partial charge is 0.398 e. The molecule has 0 saturated heterocycles. The first-order valence-electron chi connectivity index (χ1n) is 6.61. The topological polar surface area (TPSA) is 63.4 Å². The molecule has 1 heterocycles. The zero-order valence-electron chi connectivity index (χ0n) is 11.6. The van der Waals surface area contributed by atoms with Crippen LogP contribution in [0.25, 0.3) is 0 Å². The highest BCUT2D eigenvalue weighted by molar-refractivity contribution is 8.00. The monoisotopic (exact) mass is 320 g/mol. The summed E-state index contributed by atoms with van der Waals surface area (Å²) in [6.07, 6.45) is 0. The van der Waals surface area contributed by atoms with Gasteiger partial charge in [-0.25, -0.2) is 8.42 Å². The van der Waals surface area contributed by atoms with Gasteiger partial charge in [0.05, 0.1) is 11.4 Å². The van der Waals surface area contributed by atoms with Crippen LogP contribution in [-0.4, -0.2) is 20.7 Å². The quantitative estimate of drug-likeness (QED) is 0.864. The Morgan fingerprint density at radius 2 is 1.90 bits per heavy atom. The summed E-state index contributed by atoms with van der Waals surface area (Å²) >= 11 is 1.67. The van der Waals surface area contributed by atoms with Gasteiger partial charge in [-0.1, -0.05) is 24.3 Å². The maximum Gasteiger partial charge on any atom is 0.266 e. The van der Waals surface area contributed by atoms with Crippen molar-refractivity contribution >= 4 is 33.2 Å². The van der Waals surface area contributed by atoms with Crippen LogP contribution in [0.5, 0.6) is 0 Å². The predicted molar refractivity (Wildman–Crippen MR) is 87.3 cm³/mol. The number of sulfonamides is 1. The average molecular weight is 320 g/mol. The van der Waals surface area contributed by atoms with E-state index in [1.54, 1.807) is 36.9 Å². The summed E-state index contributed by atoms with van der Waals surface area (Å²) in [4.78, 5) is 1.20. The molecule has 0 saturated carbocycles. The van der Waals surface area contributed by atoms with Crippen LogP contribution in [-0.2, 0) is 10.0 Å². The zero-order valence-corrected chi connectivity index (χ0v) is 13.2. The van der Waals surface area contributed by atoms with E-state index >= 15 is 0 Å². The molecule has 0 aromatic heterocycles. The molecule has 0 aliphatic carbocycles. The Bertz CT molecular complexity index is 768. The number of hydrogen-bond acceptors (Lipinski definition) is 4. The number of rotatable bonds is 2. The first-order valence-corrected chi connectivity index (χ1v) is 9.04. The van der Waals surface area contributed by atoms with Gasteiger partial charge in [-0.3, -0.25) is 4.31 Å². The molecule has 110 valence electrons. The summed E-state index contributed by atoms with van der Waals surface area (Å²) < 4.78 is 27.5. The highest BCUT2D eigenvalue weighted by atomic mass is 32.2. The third-order valence-corrected chi connectivity index (χ3v) is 6.55. The molecular formula is C15H16N2O2S2. The van der Waals surface area contributed by atoms with Gasteiger partial charge in [-0.05, 0) is 30.7 Å². The fraction of sp³-hybridized carbons (Fsp3) is 0.200. The molecule has 2 aromatic rings. The first kappa shape index (κ1) is 14.3. The molecule has 0 fully saturated rings. The van der Waals surface area contributed by atoms with Gasteiger partial charge < -0.3 is 5.73 Å². The van der Waals surface area contributed by atoms with Crippen molar-refractivity contribution in [3.05, 3.63) is 48.0 Å². The van der Waals surface area contributed by atoms with Gasteiger partial charge in [0.2, 0.25) is 0 Å². The Hall–Kier alpha value is -1.66. The number of hydrogen-bond donors (Lipinski definition) is 1. The van der Waals surface area contributed by atoms with E-state index in [0.717, 1.165) is 16.3 Å². The second-order valence-corrected chi connectivity index (χ2v) is 7.82. The molecule has 0 unspecified atom stereocenters. The molecule has 2 N–H and O–H groups in total. The highest BCUT2D eigenvalue weighted by Crippen LogP contribution is 2.38. The molecule has 0 amide bonds. The summed E-state index contributed by atoms with van der Waals surface area (Å²) in [5.41, 5.74) is 7.62. The second kappa shape index (κ2) is 5.27. The lowest BCUT2D eigenvalue weighted by molar-refractivity contribution is 0.591. The lowest BCUT2D eigenvalue weighted by Gasteiger charge is -2.30. The van der Waals surface area contributed by atoms with E-state index < -0.39 is 10.0 Å². The molecule has 1 aliphatic heterocycles. The molecule has 6 heteroatoms. The van der Waals surface area contributed by atoms with Crippen LogP contribution in [0.1, 0.15) is 5.56 Å². The lowest BCUT2D eigenvalue weighted by Crippen LogP contribution is -2.36. The molecule has 0 spiro atoms. The molecule has 4 nitrogen and oxygen atoms in total. The summed E-state index contributed by atoms with van der Waals surface area (Å²) in [7, 11) is -3.64. The van der Waals surface area contributed by atoms with Crippen LogP contribution in [0.3, 0.4) is 0 Å². The minimum atomic E-state index is -3.64. The number of aryl methyl sites for hydroxylation is 1. The Morgan fingerprint density at radius 3 is 2.67 bits per heavy atom. The summed E-state index contributed by atoms with van der Waals surface area (Å²) in [5.74, 6) is 0.738. The number of thioether (sulfide) groups is 1. The third kappa shape index (κ3) is 2.38. The van der Waals surface area contributed by atoms with Gasteiger partial charge in [0.15, 0.2) is 0 Å². The van der Waals surface area contributed by atoms with Gasteiger partial charge in [0.25, 0.3) is 10.0 Å². The Balaban J connectivity index is 2.17. The van der Waals surface area contributed by atoms with E-state index in [1.165, 1.54) is 4.31 Å². The maximum absolute atomic E-state index is 13.0. The first-order chi connectivity index (χ1) is 10.0. The van der Waals surface area contributed by atoms with E-state index in [2.05, 4.69) is 0 Å². The molecule has 21 heavy (non-hydrogen) atoms. The molecule has 0 atom stereocenters. The number of fused-ring (bicyclic) bond motifs is 1.